The maximum atomic E-state index is 12.0. The van der Waals surface area contributed by atoms with Crippen LogP contribution in [0.1, 0.15) is 24.8 Å². The highest BCUT2D eigenvalue weighted by molar-refractivity contribution is 6.34. The lowest BCUT2D eigenvalue weighted by atomic mass is 9.95. The van der Waals surface area contributed by atoms with Gasteiger partial charge in [0.1, 0.15) is 11.6 Å². The Morgan fingerprint density at radius 1 is 1.21 bits per heavy atom. The molecule has 4 rings (SSSR count). The van der Waals surface area contributed by atoms with E-state index in [-0.39, 0.29) is 5.76 Å². The molecule has 1 fully saturated rings. The maximum absolute atomic E-state index is 12.0. The summed E-state index contributed by atoms with van der Waals surface area (Å²) < 4.78 is 0. The van der Waals surface area contributed by atoms with E-state index in [0.29, 0.717) is 28.7 Å². The van der Waals surface area contributed by atoms with E-state index >= 15 is 0 Å². The average Bonchev–Trinajstić information content (AvgIpc) is 3.15. The van der Waals surface area contributed by atoms with Crippen LogP contribution < -0.4 is 11.1 Å². The zero-order valence-corrected chi connectivity index (χ0v) is 16.8. The number of nitrogens with one attached hydrogen (secondary N) is 1. The molecule has 1 aromatic rings. The molecule has 1 saturated heterocycles. The summed E-state index contributed by atoms with van der Waals surface area (Å²) in [4.78, 5) is 16.2. The van der Waals surface area contributed by atoms with Gasteiger partial charge >= 0.3 is 0 Å². The number of amides is 1. The van der Waals surface area contributed by atoms with Crippen LogP contribution in [0, 0.1) is 0 Å². The van der Waals surface area contributed by atoms with Crippen molar-refractivity contribution >= 4 is 29.1 Å². The van der Waals surface area contributed by atoms with Crippen molar-refractivity contribution < 1.29 is 9.90 Å². The third-order valence-electron chi connectivity index (χ3n) is 5.25. The number of aliphatic hydroxyl groups excluding tert-OH is 1. The van der Waals surface area contributed by atoms with E-state index < -0.39 is 11.9 Å². The Labute approximate surface area is 173 Å². The van der Waals surface area contributed by atoms with E-state index in [9.17, 15) is 9.90 Å². The number of dihydropyridines is 1. The van der Waals surface area contributed by atoms with Gasteiger partial charge in [-0.2, -0.15) is 0 Å². The van der Waals surface area contributed by atoms with Crippen LogP contribution in [0.4, 0.5) is 0 Å². The molecule has 0 aromatic heterocycles. The number of likely N-dealkylation sites (tertiary alicyclic amines) is 1. The molecule has 28 heavy (non-hydrogen) atoms. The van der Waals surface area contributed by atoms with Gasteiger partial charge in [-0.05, 0) is 43.0 Å². The van der Waals surface area contributed by atoms with E-state index in [0.717, 1.165) is 42.9 Å². The summed E-state index contributed by atoms with van der Waals surface area (Å²) in [6.45, 7) is 2.29. The number of carbonyl (C=O) groups is 1. The summed E-state index contributed by atoms with van der Waals surface area (Å²) >= 11 is 12.3. The molecule has 0 radical (unpaired) electrons. The average molecular weight is 421 g/mol. The molecule has 1 amide bonds. The van der Waals surface area contributed by atoms with Gasteiger partial charge in [-0.1, -0.05) is 29.3 Å². The number of carbonyl (C=O) groups excluding carboxylic acids is 1. The first kappa shape index (κ1) is 19.0. The molecule has 0 bridgehead atoms. The molecule has 6 nitrogen and oxygen atoms in total. The van der Waals surface area contributed by atoms with E-state index in [1.807, 2.05) is 29.3 Å². The summed E-state index contributed by atoms with van der Waals surface area (Å²) in [5.74, 6) is 0.219. The molecule has 3 heterocycles. The van der Waals surface area contributed by atoms with Crippen LogP contribution >= 0.6 is 23.2 Å². The molecule has 1 atom stereocenters. The number of aliphatic hydroxyl groups is 1. The second-order valence-electron chi connectivity index (χ2n) is 7.23. The van der Waals surface area contributed by atoms with Crippen molar-refractivity contribution in [3.8, 4) is 0 Å². The Kier molecular flexibility index (Phi) is 5.17. The Balaban J connectivity index is 1.76. The van der Waals surface area contributed by atoms with Crippen LogP contribution in [0.5, 0.6) is 0 Å². The summed E-state index contributed by atoms with van der Waals surface area (Å²) in [7, 11) is 0. The number of fused-ring (bicyclic) bond motifs is 1. The van der Waals surface area contributed by atoms with Crippen LogP contribution in [0.15, 0.2) is 53.3 Å². The fourth-order valence-corrected chi connectivity index (χ4v) is 4.61. The van der Waals surface area contributed by atoms with Crippen LogP contribution in [0.25, 0.3) is 0 Å². The molecular formula is C20H22Cl2N4O2. The first-order chi connectivity index (χ1) is 13.4. The van der Waals surface area contributed by atoms with E-state index in [4.69, 9.17) is 28.9 Å². The Morgan fingerprint density at radius 2 is 1.89 bits per heavy atom. The number of nitrogens with zero attached hydrogens (tertiary/aromatic N) is 2. The lowest BCUT2D eigenvalue weighted by Gasteiger charge is -2.39. The first-order valence-corrected chi connectivity index (χ1v) is 10.1. The third-order valence-corrected chi connectivity index (χ3v) is 5.68. The zero-order valence-electron chi connectivity index (χ0n) is 15.3. The molecule has 4 N–H and O–H groups in total. The minimum atomic E-state index is -0.953. The molecule has 0 saturated carbocycles. The van der Waals surface area contributed by atoms with Gasteiger partial charge in [0, 0.05) is 41.5 Å². The minimum Gasteiger partial charge on any atom is -0.507 e. The molecule has 8 heteroatoms. The number of hydrogen-bond acceptors (Lipinski definition) is 5. The van der Waals surface area contributed by atoms with Gasteiger partial charge in [-0.15, -0.1) is 0 Å². The maximum Gasteiger partial charge on any atom is 0.247 e. The van der Waals surface area contributed by atoms with Gasteiger partial charge < -0.3 is 26.0 Å². The first-order valence-electron chi connectivity index (χ1n) is 9.30. The number of nitrogens with two attached hydrogens (primary N) is 1. The van der Waals surface area contributed by atoms with Gasteiger partial charge in [-0.25, -0.2) is 0 Å². The third kappa shape index (κ3) is 3.54. The van der Waals surface area contributed by atoms with Crippen molar-refractivity contribution in [1.82, 2.24) is 15.1 Å². The molecule has 0 aliphatic carbocycles. The highest BCUT2D eigenvalue weighted by Gasteiger charge is 2.37. The van der Waals surface area contributed by atoms with Crippen LogP contribution in [-0.2, 0) is 11.3 Å². The molecular weight excluding hydrogens is 399 g/mol. The summed E-state index contributed by atoms with van der Waals surface area (Å²) in [5.41, 5.74) is 8.07. The fourth-order valence-electron chi connectivity index (χ4n) is 4.04. The van der Waals surface area contributed by atoms with E-state index in [2.05, 4.69) is 10.2 Å². The van der Waals surface area contributed by atoms with Crippen molar-refractivity contribution in [2.45, 2.75) is 31.8 Å². The van der Waals surface area contributed by atoms with E-state index in [1.165, 1.54) is 0 Å². The molecule has 148 valence electrons. The van der Waals surface area contributed by atoms with Crippen molar-refractivity contribution in [3.05, 3.63) is 68.9 Å². The number of benzene rings is 1. The molecule has 0 spiro atoms. The molecule has 3 aliphatic heterocycles. The largest absolute Gasteiger partial charge is 0.507 e. The predicted octanol–water partition coefficient (Wildman–Crippen LogP) is 3.25. The topological polar surface area (TPSA) is 81.8 Å². The zero-order chi connectivity index (χ0) is 19.8. The van der Waals surface area contributed by atoms with Gasteiger partial charge in [0.25, 0.3) is 0 Å². The van der Waals surface area contributed by atoms with Gasteiger partial charge in [-0.3, -0.25) is 4.79 Å². The van der Waals surface area contributed by atoms with Crippen LogP contribution in [0.2, 0.25) is 10.0 Å². The van der Waals surface area contributed by atoms with E-state index in [1.54, 1.807) is 6.07 Å². The lowest BCUT2D eigenvalue weighted by molar-refractivity contribution is -0.119. The van der Waals surface area contributed by atoms with Crippen molar-refractivity contribution in [2.24, 2.45) is 5.73 Å². The SMILES string of the molecule is NC(=O)C1NC(N2CCCC2)=C2CC=CN(Cc3cc(Cl)cc(Cl)c3)C2=C1O. The fraction of sp³-hybridized carbons (Fsp3) is 0.350. The molecule has 1 aromatic carbocycles. The molecule has 3 aliphatic rings. The number of rotatable bonds is 4. The van der Waals surface area contributed by atoms with Crippen LogP contribution in [-0.4, -0.2) is 39.9 Å². The standard InChI is InChI=1S/C20H22Cl2N4O2/c21-13-8-12(9-14(22)10-13)11-26-7-3-4-15-17(26)18(27)16(19(23)28)24-20(15)25-5-1-2-6-25/h3,7-10,16,24,27H,1-2,4-6,11H2,(H2,23,28). The quantitative estimate of drug-likeness (QED) is 0.696. The highest BCUT2D eigenvalue weighted by Crippen LogP contribution is 2.36. The van der Waals surface area contributed by atoms with Crippen molar-refractivity contribution in [1.29, 1.82) is 0 Å². The normalized spacial score (nSPS) is 21.9. The second-order valence-corrected chi connectivity index (χ2v) is 8.10. The number of allylic oxidation sites excluding steroid dienone is 2. The van der Waals surface area contributed by atoms with Crippen molar-refractivity contribution in [2.75, 3.05) is 13.1 Å². The van der Waals surface area contributed by atoms with Gasteiger partial charge in [0.2, 0.25) is 5.91 Å². The minimum absolute atomic E-state index is 0.0529. The lowest BCUT2D eigenvalue weighted by Crippen LogP contribution is -2.50. The monoisotopic (exact) mass is 420 g/mol. The number of halogens is 2. The predicted molar refractivity (Wildman–Crippen MR) is 109 cm³/mol. The van der Waals surface area contributed by atoms with Gasteiger partial charge in [0.15, 0.2) is 6.04 Å². The molecule has 1 unspecified atom stereocenters. The summed E-state index contributed by atoms with van der Waals surface area (Å²) in [6, 6.07) is 4.40. The Bertz CT molecular complexity index is 883. The highest BCUT2D eigenvalue weighted by atomic mass is 35.5. The number of primary amides is 1. The second kappa shape index (κ2) is 7.60. The smallest absolute Gasteiger partial charge is 0.247 e. The van der Waals surface area contributed by atoms with Crippen LogP contribution in [0.3, 0.4) is 0 Å². The summed E-state index contributed by atoms with van der Waals surface area (Å²) in [6.07, 6.45) is 6.82. The van der Waals surface area contributed by atoms with Crippen molar-refractivity contribution in [3.63, 3.8) is 0 Å². The Morgan fingerprint density at radius 3 is 2.54 bits per heavy atom. The summed E-state index contributed by atoms with van der Waals surface area (Å²) in [5, 5.41) is 15.2. The number of hydrogen-bond donors (Lipinski definition) is 3. The Hall–Kier alpha value is -2.31. The van der Waals surface area contributed by atoms with Gasteiger partial charge in [0.05, 0.1) is 5.70 Å².